The number of nitrogens with one attached hydrogen (secondary N) is 1. The molecule has 9 nitrogen and oxygen atoms in total. The van der Waals surface area contributed by atoms with E-state index < -0.39 is 0 Å². The summed E-state index contributed by atoms with van der Waals surface area (Å²) in [6.07, 6.45) is 3.17. The molecular weight excluding hydrogens is 454 g/mol. The van der Waals surface area contributed by atoms with Gasteiger partial charge in [-0.15, -0.1) is 5.10 Å². The first-order valence-corrected chi connectivity index (χ1v) is 11.5. The van der Waals surface area contributed by atoms with Gasteiger partial charge < -0.3 is 15.1 Å². The van der Waals surface area contributed by atoms with Gasteiger partial charge in [-0.2, -0.15) is 0 Å². The van der Waals surface area contributed by atoms with E-state index in [4.69, 9.17) is 11.6 Å². The van der Waals surface area contributed by atoms with Gasteiger partial charge in [0.05, 0.1) is 0 Å². The number of carbonyl (C=O) groups excluding carboxylic acids is 1. The number of hydrogen-bond acceptors (Lipinski definition) is 6. The number of para-hydroxylation sites is 1. The minimum Gasteiger partial charge on any atom is -0.368 e. The van der Waals surface area contributed by atoms with Crippen LogP contribution in [0, 0.1) is 0 Å². The first-order valence-electron chi connectivity index (χ1n) is 11.1. The quantitative estimate of drug-likeness (QED) is 0.458. The van der Waals surface area contributed by atoms with E-state index in [0.717, 1.165) is 31.7 Å². The lowest BCUT2D eigenvalue weighted by molar-refractivity contribution is -0.122. The molecule has 1 fully saturated rings. The van der Waals surface area contributed by atoms with Crippen molar-refractivity contribution in [3.8, 4) is 0 Å². The van der Waals surface area contributed by atoms with Crippen LogP contribution in [0.3, 0.4) is 0 Å². The predicted molar refractivity (Wildman–Crippen MR) is 131 cm³/mol. The molecule has 0 spiro atoms. The standard InChI is InChI=1S/C24H24ClN7O2/c25-20-9-5-4-6-18(20)16-27-21(33)17-32-24(34)31-11-10-26-22(23(31)28-32)30-14-12-29(13-15-30)19-7-2-1-3-8-19/h1-11H,12-17H2,(H,27,33). The Morgan fingerprint density at radius 1 is 0.971 bits per heavy atom. The second kappa shape index (κ2) is 9.56. The van der Waals surface area contributed by atoms with E-state index in [9.17, 15) is 9.59 Å². The van der Waals surface area contributed by atoms with Crippen molar-refractivity contribution in [1.29, 1.82) is 0 Å². The molecule has 0 radical (unpaired) electrons. The summed E-state index contributed by atoms with van der Waals surface area (Å²) < 4.78 is 2.61. The molecular formula is C24H24ClN7O2. The van der Waals surface area contributed by atoms with Crippen LogP contribution < -0.4 is 20.8 Å². The fourth-order valence-electron chi connectivity index (χ4n) is 4.10. The van der Waals surface area contributed by atoms with Crippen molar-refractivity contribution in [2.75, 3.05) is 36.0 Å². The van der Waals surface area contributed by atoms with E-state index in [1.807, 2.05) is 36.4 Å². The molecule has 3 heterocycles. The number of benzene rings is 2. The minimum atomic E-state index is -0.380. The van der Waals surface area contributed by atoms with Crippen LogP contribution in [0.15, 0.2) is 71.8 Å². The lowest BCUT2D eigenvalue weighted by atomic mass is 10.2. The molecule has 5 rings (SSSR count). The maximum atomic E-state index is 12.9. The third-order valence-corrected chi connectivity index (χ3v) is 6.28. The van der Waals surface area contributed by atoms with E-state index in [0.29, 0.717) is 16.5 Å². The topological polar surface area (TPSA) is 87.8 Å². The first kappa shape index (κ1) is 22.0. The summed E-state index contributed by atoms with van der Waals surface area (Å²) in [5.41, 5.74) is 2.06. The van der Waals surface area contributed by atoms with E-state index in [1.165, 1.54) is 14.8 Å². The molecule has 0 unspecified atom stereocenters. The van der Waals surface area contributed by atoms with Crippen molar-refractivity contribution in [1.82, 2.24) is 24.5 Å². The van der Waals surface area contributed by atoms with E-state index in [2.05, 4.69) is 37.3 Å². The summed E-state index contributed by atoms with van der Waals surface area (Å²) in [6, 6.07) is 17.6. The number of halogens is 1. The number of aromatic nitrogens is 4. The zero-order valence-electron chi connectivity index (χ0n) is 18.5. The van der Waals surface area contributed by atoms with Gasteiger partial charge in [0.25, 0.3) is 0 Å². The van der Waals surface area contributed by atoms with Gasteiger partial charge in [-0.3, -0.25) is 4.79 Å². The smallest absolute Gasteiger partial charge is 0.350 e. The maximum Gasteiger partial charge on any atom is 0.350 e. The molecule has 0 aliphatic carbocycles. The largest absolute Gasteiger partial charge is 0.368 e. The second-order valence-electron chi connectivity index (χ2n) is 8.06. The van der Waals surface area contributed by atoms with E-state index >= 15 is 0 Å². The number of nitrogens with zero attached hydrogens (tertiary/aromatic N) is 6. The minimum absolute atomic E-state index is 0.188. The Labute approximate surface area is 201 Å². The number of anilines is 2. The highest BCUT2D eigenvalue weighted by Crippen LogP contribution is 2.21. The summed E-state index contributed by atoms with van der Waals surface area (Å²) in [5.74, 6) is 0.318. The van der Waals surface area contributed by atoms with Crippen LogP contribution in [0.1, 0.15) is 5.56 Å². The molecule has 10 heteroatoms. The Morgan fingerprint density at radius 3 is 2.44 bits per heavy atom. The highest BCUT2D eigenvalue weighted by atomic mass is 35.5. The van der Waals surface area contributed by atoms with Gasteiger partial charge in [0.1, 0.15) is 6.54 Å². The van der Waals surface area contributed by atoms with Crippen molar-refractivity contribution in [2.45, 2.75) is 13.1 Å². The van der Waals surface area contributed by atoms with Gasteiger partial charge in [-0.25, -0.2) is 18.9 Å². The fourth-order valence-corrected chi connectivity index (χ4v) is 4.31. The number of rotatable bonds is 6. The van der Waals surface area contributed by atoms with Crippen LogP contribution >= 0.6 is 11.6 Å². The Bertz CT molecular complexity index is 1360. The number of carbonyl (C=O) groups is 1. The van der Waals surface area contributed by atoms with Crippen LogP contribution in [0.2, 0.25) is 5.02 Å². The molecule has 1 N–H and O–H groups in total. The normalized spacial score (nSPS) is 13.9. The zero-order valence-corrected chi connectivity index (χ0v) is 19.2. The third kappa shape index (κ3) is 4.47. The summed E-state index contributed by atoms with van der Waals surface area (Å²) in [6.45, 7) is 3.26. The van der Waals surface area contributed by atoms with Crippen LogP contribution in [0.25, 0.3) is 5.65 Å². The van der Waals surface area contributed by atoms with Crippen LogP contribution in [-0.4, -0.2) is 51.3 Å². The second-order valence-corrected chi connectivity index (χ2v) is 8.47. The first-order chi connectivity index (χ1) is 16.6. The van der Waals surface area contributed by atoms with Crippen LogP contribution in [-0.2, 0) is 17.9 Å². The van der Waals surface area contributed by atoms with Crippen molar-refractivity contribution >= 4 is 34.7 Å². The molecule has 4 aromatic rings. The van der Waals surface area contributed by atoms with E-state index in [-0.39, 0.29) is 24.7 Å². The molecule has 34 heavy (non-hydrogen) atoms. The Kier molecular flexibility index (Phi) is 6.18. The molecule has 0 atom stereocenters. The van der Waals surface area contributed by atoms with Crippen molar-refractivity contribution < 1.29 is 4.79 Å². The van der Waals surface area contributed by atoms with Gasteiger partial charge in [-0.05, 0) is 23.8 Å². The lowest BCUT2D eigenvalue weighted by Crippen LogP contribution is -2.47. The molecule has 0 bridgehead atoms. The molecule has 1 aliphatic rings. The molecule has 1 aliphatic heterocycles. The fraction of sp³-hybridized carbons (Fsp3) is 0.250. The molecule has 1 amide bonds. The third-order valence-electron chi connectivity index (χ3n) is 5.91. The number of fused-ring (bicyclic) bond motifs is 1. The number of piperazine rings is 1. The Balaban J connectivity index is 1.29. The molecule has 174 valence electrons. The summed E-state index contributed by atoms with van der Waals surface area (Å²) in [4.78, 5) is 34.3. The maximum absolute atomic E-state index is 12.9. The van der Waals surface area contributed by atoms with Crippen LogP contribution in [0.4, 0.5) is 11.5 Å². The molecule has 1 saturated heterocycles. The van der Waals surface area contributed by atoms with Gasteiger partial charge in [0.15, 0.2) is 5.82 Å². The molecule has 2 aromatic heterocycles. The monoisotopic (exact) mass is 477 g/mol. The van der Waals surface area contributed by atoms with Gasteiger partial charge in [0.2, 0.25) is 11.6 Å². The lowest BCUT2D eigenvalue weighted by Gasteiger charge is -2.36. The zero-order chi connectivity index (χ0) is 23.5. The van der Waals surface area contributed by atoms with Gasteiger partial charge in [0, 0.05) is 55.8 Å². The highest BCUT2D eigenvalue weighted by Gasteiger charge is 2.22. The average molecular weight is 478 g/mol. The van der Waals surface area contributed by atoms with Crippen LogP contribution in [0.5, 0.6) is 0 Å². The number of hydrogen-bond donors (Lipinski definition) is 1. The van der Waals surface area contributed by atoms with E-state index in [1.54, 1.807) is 18.5 Å². The summed E-state index contributed by atoms with van der Waals surface area (Å²) in [7, 11) is 0. The van der Waals surface area contributed by atoms with Crippen molar-refractivity contribution in [3.05, 3.63) is 88.1 Å². The average Bonchev–Trinajstić information content (AvgIpc) is 3.19. The predicted octanol–water partition coefficient (Wildman–Crippen LogP) is 2.19. The van der Waals surface area contributed by atoms with Gasteiger partial charge >= 0.3 is 5.69 Å². The van der Waals surface area contributed by atoms with Crippen molar-refractivity contribution in [3.63, 3.8) is 0 Å². The van der Waals surface area contributed by atoms with Gasteiger partial charge in [-0.1, -0.05) is 48.0 Å². The molecule has 2 aromatic carbocycles. The SMILES string of the molecule is O=C(Cn1nc2c(N3CCN(c4ccccc4)CC3)nccn2c1=O)NCc1ccccc1Cl. The Morgan fingerprint density at radius 2 is 1.68 bits per heavy atom. The molecule has 0 saturated carbocycles. The summed E-state index contributed by atoms with van der Waals surface area (Å²) >= 11 is 6.14. The number of amides is 1. The summed E-state index contributed by atoms with van der Waals surface area (Å²) in [5, 5.41) is 7.81. The van der Waals surface area contributed by atoms with Crippen molar-refractivity contribution in [2.24, 2.45) is 0 Å². The highest BCUT2D eigenvalue weighted by molar-refractivity contribution is 6.31. The Hall–Kier alpha value is -3.85.